The van der Waals surface area contributed by atoms with Gasteiger partial charge in [-0.05, 0) is 42.7 Å². The summed E-state index contributed by atoms with van der Waals surface area (Å²) in [5.74, 6) is -0.00708. The highest BCUT2D eigenvalue weighted by Gasteiger charge is 2.37. The van der Waals surface area contributed by atoms with E-state index in [-0.39, 0.29) is 0 Å². The zero-order valence-corrected chi connectivity index (χ0v) is 17.3. The van der Waals surface area contributed by atoms with Crippen molar-refractivity contribution in [2.75, 3.05) is 6.54 Å². The van der Waals surface area contributed by atoms with Gasteiger partial charge in [0.15, 0.2) is 0 Å². The summed E-state index contributed by atoms with van der Waals surface area (Å²) in [4.78, 5) is 18.4. The van der Waals surface area contributed by atoms with E-state index in [0.29, 0.717) is 19.7 Å². The van der Waals surface area contributed by atoms with Gasteiger partial charge in [-0.2, -0.15) is 0 Å². The number of fused-ring (bicyclic) bond motifs is 1. The largest absolute Gasteiger partial charge is 0.488 e. The molecule has 0 aliphatic carbocycles. The Balaban J connectivity index is 1.67. The van der Waals surface area contributed by atoms with Crippen LogP contribution in [0.25, 0.3) is 11.1 Å². The van der Waals surface area contributed by atoms with Crippen LogP contribution in [0.15, 0.2) is 66.9 Å². The maximum atomic E-state index is 11.8. The summed E-state index contributed by atoms with van der Waals surface area (Å²) in [5.41, 5.74) is 4.33. The van der Waals surface area contributed by atoms with Gasteiger partial charge in [0.25, 0.3) is 0 Å². The number of rotatable bonds is 6. The molecule has 154 valence electrons. The third-order valence-corrected chi connectivity index (χ3v) is 5.84. The summed E-state index contributed by atoms with van der Waals surface area (Å²) in [6.07, 6.45) is 2.56. The molecule has 0 unspecified atom stereocenters. The molecular formula is C25H26N2O3. The highest BCUT2D eigenvalue weighted by atomic mass is 16.5. The molecule has 0 spiro atoms. The molecule has 0 amide bonds. The molecule has 0 saturated heterocycles. The molecule has 1 N–H and O–H groups in total. The van der Waals surface area contributed by atoms with Crippen molar-refractivity contribution in [1.29, 1.82) is 0 Å². The minimum Gasteiger partial charge on any atom is -0.488 e. The Labute approximate surface area is 177 Å². The van der Waals surface area contributed by atoms with Gasteiger partial charge >= 0.3 is 5.97 Å². The number of nitrogens with zero attached hydrogens (tertiary/aromatic N) is 2. The number of hydrogen-bond donors (Lipinski definition) is 1. The van der Waals surface area contributed by atoms with E-state index in [1.807, 2.05) is 65.7 Å². The Kier molecular flexibility index (Phi) is 5.55. The number of aromatic nitrogens is 1. The zero-order valence-electron chi connectivity index (χ0n) is 17.3. The van der Waals surface area contributed by atoms with Crippen molar-refractivity contribution in [3.8, 4) is 16.9 Å². The maximum absolute atomic E-state index is 11.8. The van der Waals surface area contributed by atoms with Crippen molar-refractivity contribution in [1.82, 2.24) is 9.88 Å². The average molecular weight is 402 g/mol. The Hall–Kier alpha value is -3.18. The monoisotopic (exact) mass is 402 g/mol. The molecule has 5 heteroatoms. The second-order valence-electron chi connectivity index (χ2n) is 8.09. The lowest BCUT2D eigenvalue weighted by Gasteiger charge is -2.38. The van der Waals surface area contributed by atoms with Crippen LogP contribution in [0.4, 0.5) is 0 Å². The van der Waals surface area contributed by atoms with Crippen LogP contribution in [-0.2, 0) is 24.4 Å². The molecule has 4 rings (SSSR count). The van der Waals surface area contributed by atoms with E-state index in [1.165, 1.54) is 0 Å². The van der Waals surface area contributed by atoms with Crippen molar-refractivity contribution in [2.45, 2.75) is 39.0 Å². The quantitative estimate of drug-likeness (QED) is 0.655. The first kappa shape index (κ1) is 20.1. The summed E-state index contributed by atoms with van der Waals surface area (Å²) in [5, 5.41) is 9.67. The number of carboxylic acids is 1. The number of pyridine rings is 1. The molecule has 2 heterocycles. The third kappa shape index (κ3) is 3.94. The van der Waals surface area contributed by atoms with E-state index in [9.17, 15) is 9.90 Å². The lowest BCUT2D eigenvalue weighted by molar-refractivity contribution is -0.150. The van der Waals surface area contributed by atoms with Gasteiger partial charge in [0.2, 0.25) is 0 Å². The summed E-state index contributed by atoms with van der Waals surface area (Å²) < 4.78 is 6.17. The van der Waals surface area contributed by atoms with Crippen molar-refractivity contribution < 1.29 is 14.6 Å². The van der Waals surface area contributed by atoms with E-state index in [0.717, 1.165) is 40.1 Å². The molecular weight excluding hydrogens is 376 g/mol. The third-order valence-electron chi connectivity index (χ3n) is 5.84. The number of carbonyl (C=O) groups is 1. The molecule has 0 fully saturated rings. The highest BCUT2D eigenvalue weighted by Crippen LogP contribution is 2.36. The zero-order chi connectivity index (χ0) is 21.1. The van der Waals surface area contributed by atoms with Crippen LogP contribution >= 0.6 is 0 Å². The number of carboxylic acid groups (broad SMARTS) is 1. The molecule has 5 nitrogen and oxygen atoms in total. The van der Waals surface area contributed by atoms with Crippen LogP contribution in [0.5, 0.6) is 5.75 Å². The van der Waals surface area contributed by atoms with E-state index in [1.54, 1.807) is 13.8 Å². The Bertz CT molecular complexity index is 1050. The van der Waals surface area contributed by atoms with E-state index >= 15 is 0 Å². The fraction of sp³-hybridized carbons (Fsp3) is 0.280. The Morgan fingerprint density at radius 1 is 1.07 bits per heavy atom. The average Bonchev–Trinajstić information content (AvgIpc) is 2.77. The number of ether oxygens (including phenoxy) is 1. The lowest BCUT2D eigenvalue weighted by atomic mass is 9.91. The standard InChI is InChI=1S/C25H26N2O3/c1-25(2,24(28)29)27-15-13-22-21(16-27)19(12-14-26-22)20-10-6-7-11-23(20)30-17-18-8-4-3-5-9-18/h3-12,14H,13,15-17H2,1-2H3,(H,28,29). The fourth-order valence-corrected chi connectivity index (χ4v) is 3.85. The minimum atomic E-state index is -0.936. The molecule has 0 radical (unpaired) electrons. The van der Waals surface area contributed by atoms with Crippen LogP contribution < -0.4 is 4.74 Å². The molecule has 1 aliphatic rings. The summed E-state index contributed by atoms with van der Waals surface area (Å²) >= 11 is 0. The van der Waals surface area contributed by atoms with E-state index in [2.05, 4.69) is 11.1 Å². The topological polar surface area (TPSA) is 62.7 Å². The fourth-order valence-electron chi connectivity index (χ4n) is 3.85. The van der Waals surface area contributed by atoms with Crippen LogP contribution in [0, 0.1) is 0 Å². The maximum Gasteiger partial charge on any atom is 0.323 e. The summed E-state index contributed by atoms with van der Waals surface area (Å²) in [7, 11) is 0. The number of aliphatic carboxylic acids is 1. The SMILES string of the molecule is CC(C)(C(=O)O)N1CCc2nccc(-c3ccccc3OCc3ccccc3)c2C1. The molecule has 0 saturated carbocycles. The van der Waals surface area contributed by atoms with Gasteiger partial charge in [0.05, 0.1) is 0 Å². The number of para-hydroxylation sites is 1. The Morgan fingerprint density at radius 3 is 2.57 bits per heavy atom. The molecule has 0 bridgehead atoms. The lowest BCUT2D eigenvalue weighted by Crippen LogP contribution is -2.52. The highest BCUT2D eigenvalue weighted by molar-refractivity contribution is 5.78. The van der Waals surface area contributed by atoms with Crippen LogP contribution in [0.1, 0.15) is 30.7 Å². The van der Waals surface area contributed by atoms with Crippen molar-refractivity contribution in [3.05, 3.63) is 83.7 Å². The first-order chi connectivity index (χ1) is 14.5. The predicted octanol–water partition coefficient (Wildman–Crippen LogP) is 4.55. The van der Waals surface area contributed by atoms with Gasteiger partial charge < -0.3 is 9.84 Å². The normalized spacial score (nSPS) is 14.2. The van der Waals surface area contributed by atoms with Crippen LogP contribution in [0.3, 0.4) is 0 Å². The van der Waals surface area contributed by atoms with Crippen molar-refractivity contribution in [2.24, 2.45) is 0 Å². The molecule has 2 aromatic carbocycles. The number of hydrogen-bond acceptors (Lipinski definition) is 4. The number of benzene rings is 2. The van der Waals surface area contributed by atoms with Crippen LogP contribution in [0.2, 0.25) is 0 Å². The molecule has 1 aromatic heterocycles. The van der Waals surface area contributed by atoms with Crippen LogP contribution in [-0.4, -0.2) is 33.0 Å². The van der Waals surface area contributed by atoms with Crippen molar-refractivity contribution >= 4 is 5.97 Å². The van der Waals surface area contributed by atoms with Gasteiger partial charge in [-0.15, -0.1) is 0 Å². The molecule has 3 aromatic rings. The summed E-state index contributed by atoms with van der Waals surface area (Å²) in [6.45, 7) is 5.23. The summed E-state index contributed by atoms with van der Waals surface area (Å²) in [6, 6.07) is 20.1. The van der Waals surface area contributed by atoms with E-state index < -0.39 is 11.5 Å². The van der Waals surface area contributed by atoms with Gasteiger partial charge in [-0.1, -0.05) is 48.5 Å². The minimum absolute atomic E-state index is 0.489. The smallest absolute Gasteiger partial charge is 0.323 e. The molecule has 30 heavy (non-hydrogen) atoms. The molecule has 0 atom stereocenters. The van der Waals surface area contributed by atoms with Gasteiger partial charge in [0.1, 0.15) is 17.9 Å². The van der Waals surface area contributed by atoms with Gasteiger partial charge in [-0.3, -0.25) is 14.7 Å². The van der Waals surface area contributed by atoms with E-state index in [4.69, 9.17) is 4.74 Å². The van der Waals surface area contributed by atoms with Gasteiger partial charge in [0, 0.05) is 37.0 Å². The molecule has 1 aliphatic heterocycles. The first-order valence-corrected chi connectivity index (χ1v) is 10.2. The van der Waals surface area contributed by atoms with Crippen molar-refractivity contribution in [3.63, 3.8) is 0 Å². The predicted molar refractivity (Wildman–Crippen MR) is 116 cm³/mol. The van der Waals surface area contributed by atoms with Gasteiger partial charge in [-0.25, -0.2) is 0 Å². The Morgan fingerprint density at radius 2 is 1.80 bits per heavy atom. The second-order valence-corrected chi connectivity index (χ2v) is 8.09. The first-order valence-electron chi connectivity index (χ1n) is 10.2. The second kappa shape index (κ2) is 8.28.